The minimum Gasteiger partial charge on any atom is -0.477 e. The molecule has 1 aliphatic heterocycles. The van der Waals surface area contributed by atoms with Gasteiger partial charge in [-0.15, -0.1) is 11.3 Å². The summed E-state index contributed by atoms with van der Waals surface area (Å²) in [7, 11) is 0. The van der Waals surface area contributed by atoms with Crippen molar-refractivity contribution in [2.45, 2.75) is 63.6 Å². The third kappa shape index (κ3) is 6.12. The summed E-state index contributed by atoms with van der Waals surface area (Å²) < 4.78 is 2.54. The van der Waals surface area contributed by atoms with E-state index in [1.165, 1.54) is 64.2 Å². The van der Waals surface area contributed by atoms with Crippen molar-refractivity contribution in [1.29, 1.82) is 0 Å². The average Bonchev–Trinajstić information content (AvgIpc) is 3.62. The van der Waals surface area contributed by atoms with Gasteiger partial charge >= 0.3 is 5.97 Å². The second kappa shape index (κ2) is 12.1. The van der Waals surface area contributed by atoms with E-state index in [2.05, 4.69) is 45.9 Å². The summed E-state index contributed by atoms with van der Waals surface area (Å²) in [5, 5.41) is 11.0. The van der Waals surface area contributed by atoms with Crippen molar-refractivity contribution >= 4 is 51.5 Å². The number of thiophene rings is 1. The highest BCUT2D eigenvalue weighted by atomic mass is 35.5. The van der Waals surface area contributed by atoms with Crippen LogP contribution in [0.2, 0.25) is 10.0 Å². The Morgan fingerprint density at radius 3 is 2.21 bits per heavy atom. The number of nitrogens with zero attached hydrogens (tertiary/aromatic N) is 3. The van der Waals surface area contributed by atoms with Crippen LogP contribution in [0.25, 0.3) is 11.0 Å². The Balaban J connectivity index is 1.32. The van der Waals surface area contributed by atoms with Crippen LogP contribution in [0.1, 0.15) is 86.8 Å². The van der Waals surface area contributed by atoms with Crippen LogP contribution < -0.4 is 0 Å². The topological polar surface area (TPSA) is 58.4 Å². The molecule has 5 nitrogen and oxygen atoms in total. The van der Waals surface area contributed by atoms with Gasteiger partial charge in [0.2, 0.25) is 0 Å². The first kappa shape index (κ1) is 28.6. The molecule has 43 heavy (non-hydrogen) atoms. The number of benzene rings is 3. The van der Waals surface area contributed by atoms with Gasteiger partial charge in [-0.05, 0) is 110 Å². The molecule has 7 rings (SSSR count). The van der Waals surface area contributed by atoms with Gasteiger partial charge in [0.05, 0.1) is 17.2 Å². The minimum atomic E-state index is -0.856. The van der Waals surface area contributed by atoms with Crippen molar-refractivity contribution in [2.75, 3.05) is 6.54 Å². The molecule has 1 saturated heterocycles. The average molecular weight is 631 g/mol. The molecule has 2 aromatic heterocycles. The molecule has 8 heteroatoms. The Morgan fingerprint density at radius 2 is 1.56 bits per heavy atom. The number of carboxylic acid groups (broad SMARTS) is 1. The molecule has 5 aromatic rings. The lowest BCUT2D eigenvalue weighted by molar-refractivity contribution is 0.0702. The number of aromatic carboxylic acids is 1. The first-order chi connectivity index (χ1) is 20.9. The SMILES string of the molecule is O=C(O)c1ccc(CN2CCCCC2n2c(C3CC3)nc3c(Cc4ccc(Cl)cc4)c(Cc4ccc(Cl)cc4)ccc32)s1. The van der Waals surface area contributed by atoms with Crippen molar-refractivity contribution in [3.63, 3.8) is 0 Å². The zero-order valence-corrected chi connectivity index (χ0v) is 26.1. The molecule has 1 atom stereocenters. The molecule has 220 valence electrons. The molecule has 0 bridgehead atoms. The van der Waals surface area contributed by atoms with E-state index in [1.807, 2.05) is 30.3 Å². The van der Waals surface area contributed by atoms with E-state index in [0.717, 1.165) is 59.2 Å². The van der Waals surface area contributed by atoms with Crippen LogP contribution >= 0.6 is 34.5 Å². The Kier molecular flexibility index (Phi) is 8.04. The summed E-state index contributed by atoms with van der Waals surface area (Å²) in [6, 6.07) is 24.6. The maximum atomic E-state index is 11.5. The number of hydrogen-bond acceptors (Lipinski definition) is 4. The van der Waals surface area contributed by atoms with Crippen LogP contribution in [0.15, 0.2) is 72.8 Å². The molecule has 0 spiro atoms. The first-order valence-corrected chi connectivity index (χ1v) is 16.6. The lowest BCUT2D eigenvalue weighted by Crippen LogP contribution is -2.36. The van der Waals surface area contributed by atoms with Gasteiger partial charge in [-0.1, -0.05) is 53.5 Å². The van der Waals surface area contributed by atoms with Gasteiger partial charge < -0.3 is 9.67 Å². The second-order valence-electron chi connectivity index (χ2n) is 11.8. The predicted molar refractivity (Wildman–Crippen MR) is 175 cm³/mol. The van der Waals surface area contributed by atoms with Crippen LogP contribution in [0.4, 0.5) is 0 Å². The highest BCUT2D eigenvalue weighted by Crippen LogP contribution is 2.45. The van der Waals surface area contributed by atoms with Crippen molar-refractivity contribution < 1.29 is 9.90 Å². The molecular formula is C35H33Cl2N3O2S. The molecule has 1 N–H and O–H groups in total. The van der Waals surface area contributed by atoms with Crippen LogP contribution in [0.5, 0.6) is 0 Å². The van der Waals surface area contributed by atoms with E-state index in [-0.39, 0.29) is 6.17 Å². The monoisotopic (exact) mass is 629 g/mol. The van der Waals surface area contributed by atoms with E-state index < -0.39 is 5.97 Å². The van der Waals surface area contributed by atoms with Crippen LogP contribution in [-0.4, -0.2) is 32.1 Å². The highest BCUT2D eigenvalue weighted by Gasteiger charge is 2.35. The number of aromatic nitrogens is 2. The third-order valence-corrected chi connectivity index (χ3v) is 10.3. The number of hydrogen-bond donors (Lipinski definition) is 1. The van der Waals surface area contributed by atoms with E-state index in [9.17, 15) is 9.90 Å². The number of imidazole rings is 1. The molecule has 3 aromatic carbocycles. The zero-order chi connectivity index (χ0) is 29.5. The van der Waals surface area contributed by atoms with Crippen molar-refractivity contribution in [1.82, 2.24) is 14.5 Å². The summed E-state index contributed by atoms with van der Waals surface area (Å²) in [6.45, 7) is 1.74. The third-order valence-electron chi connectivity index (χ3n) is 8.74. The molecule has 1 aliphatic carbocycles. The highest BCUT2D eigenvalue weighted by molar-refractivity contribution is 7.13. The smallest absolute Gasteiger partial charge is 0.345 e. The first-order valence-electron chi connectivity index (χ1n) is 15.0. The van der Waals surface area contributed by atoms with E-state index in [1.54, 1.807) is 6.07 Å². The maximum absolute atomic E-state index is 11.5. The normalized spacial score (nSPS) is 17.5. The van der Waals surface area contributed by atoms with E-state index in [0.29, 0.717) is 10.8 Å². The van der Waals surface area contributed by atoms with Crippen LogP contribution in [-0.2, 0) is 19.4 Å². The van der Waals surface area contributed by atoms with E-state index >= 15 is 0 Å². The van der Waals surface area contributed by atoms with Crippen molar-refractivity contribution in [3.05, 3.63) is 121 Å². The molecule has 2 aliphatic rings. The Morgan fingerprint density at radius 1 is 0.860 bits per heavy atom. The Bertz CT molecular complexity index is 1770. The predicted octanol–water partition coefficient (Wildman–Crippen LogP) is 9.35. The van der Waals surface area contributed by atoms with Gasteiger partial charge in [-0.25, -0.2) is 9.78 Å². The summed E-state index contributed by atoms with van der Waals surface area (Å²) in [6.07, 6.45) is 7.49. The molecule has 0 amide bonds. The lowest BCUT2D eigenvalue weighted by Gasteiger charge is -2.37. The Labute approximate surface area is 265 Å². The van der Waals surface area contributed by atoms with E-state index in [4.69, 9.17) is 28.2 Å². The molecule has 1 unspecified atom stereocenters. The molecule has 1 saturated carbocycles. The number of carboxylic acids is 1. The fraction of sp³-hybridized carbons (Fsp3) is 0.314. The fourth-order valence-corrected chi connectivity index (χ4v) is 7.56. The number of likely N-dealkylation sites (tertiary alicyclic amines) is 1. The van der Waals surface area contributed by atoms with Gasteiger partial charge in [-0.3, -0.25) is 4.90 Å². The Hall–Kier alpha value is -3.16. The maximum Gasteiger partial charge on any atom is 0.345 e. The zero-order valence-electron chi connectivity index (χ0n) is 23.8. The van der Waals surface area contributed by atoms with Gasteiger partial charge in [0.25, 0.3) is 0 Å². The van der Waals surface area contributed by atoms with Gasteiger partial charge in [0.15, 0.2) is 0 Å². The quantitative estimate of drug-likeness (QED) is 0.176. The number of piperidine rings is 1. The minimum absolute atomic E-state index is 0.190. The van der Waals surface area contributed by atoms with Gasteiger partial charge in [-0.2, -0.15) is 0 Å². The standard InChI is InChI=1S/C35H33Cl2N3O2S/c36-26-11-4-22(5-12-26)19-25-10-16-30-33(29(25)20-23-6-13-27(37)14-7-23)38-34(24-8-9-24)40(30)32-3-1-2-18-39(32)21-28-15-17-31(43-28)35(41)42/h4-7,10-17,24,32H,1-3,8-9,18-21H2,(H,41,42). The molecule has 2 fully saturated rings. The fourth-order valence-electron chi connectivity index (χ4n) is 6.44. The summed E-state index contributed by atoms with van der Waals surface area (Å²) >= 11 is 13.8. The number of rotatable bonds is 9. The number of fused-ring (bicyclic) bond motifs is 1. The number of halogens is 2. The molecule has 3 heterocycles. The summed E-state index contributed by atoms with van der Waals surface area (Å²) in [5.41, 5.74) is 7.26. The van der Waals surface area contributed by atoms with Crippen molar-refractivity contribution in [2.24, 2.45) is 0 Å². The van der Waals surface area contributed by atoms with Crippen molar-refractivity contribution in [3.8, 4) is 0 Å². The second-order valence-corrected chi connectivity index (χ2v) is 13.9. The molecule has 0 radical (unpaired) electrons. The lowest BCUT2D eigenvalue weighted by atomic mass is 9.94. The summed E-state index contributed by atoms with van der Waals surface area (Å²) in [4.78, 5) is 21.0. The van der Waals surface area contributed by atoms with Crippen LogP contribution in [0.3, 0.4) is 0 Å². The largest absolute Gasteiger partial charge is 0.477 e. The van der Waals surface area contributed by atoms with Crippen LogP contribution in [0, 0.1) is 0 Å². The van der Waals surface area contributed by atoms with Gasteiger partial charge in [0.1, 0.15) is 10.7 Å². The molecular weight excluding hydrogens is 597 g/mol. The number of carbonyl (C=O) groups is 1. The van der Waals surface area contributed by atoms with Gasteiger partial charge in [0, 0.05) is 33.9 Å². The summed E-state index contributed by atoms with van der Waals surface area (Å²) in [5.74, 6) is 0.829.